The minimum atomic E-state index is -3.53. The lowest BCUT2D eigenvalue weighted by molar-refractivity contribution is -0.116. The number of carbonyl (C=O) groups excluding carboxylic acids is 1. The van der Waals surface area contributed by atoms with Gasteiger partial charge in [0.25, 0.3) is 0 Å². The molecule has 0 saturated carbocycles. The maximum atomic E-state index is 12.3. The van der Waals surface area contributed by atoms with Crippen LogP contribution in [0.15, 0.2) is 33.7 Å². The van der Waals surface area contributed by atoms with Gasteiger partial charge in [0.1, 0.15) is 11.6 Å². The Balaban J connectivity index is 1.77. The number of rotatable bonds is 6. The molecule has 0 saturated heterocycles. The summed E-state index contributed by atoms with van der Waals surface area (Å²) >= 11 is 0. The molecule has 3 rings (SSSR count). The SMILES string of the molecule is Cc1cc(NC(=O)CCc2nc3cc(S(=O)(=O)N(C)C)ccc3n2C)no1. The quantitative estimate of drug-likeness (QED) is 0.685. The van der Waals surface area contributed by atoms with Gasteiger partial charge in [-0.2, -0.15) is 0 Å². The van der Waals surface area contributed by atoms with E-state index in [-0.39, 0.29) is 17.2 Å². The molecule has 0 atom stereocenters. The van der Waals surface area contributed by atoms with Crippen LogP contribution in [-0.4, -0.2) is 47.4 Å². The molecule has 27 heavy (non-hydrogen) atoms. The summed E-state index contributed by atoms with van der Waals surface area (Å²) in [6, 6.07) is 6.47. The predicted octanol–water partition coefficient (Wildman–Crippen LogP) is 1.69. The van der Waals surface area contributed by atoms with Gasteiger partial charge < -0.3 is 14.4 Å². The van der Waals surface area contributed by atoms with Crippen LogP contribution in [0.25, 0.3) is 11.0 Å². The molecule has 0 spiro atoms. The van der Waals surface area contributed by atoms with E-state index in [2.05, 4.69) is 15.5 Å². The van der Waals surface area contributed by atoms with Crippen LogP contribution in [0.1, 0.15) is 18.0 Å². The number of hydrogen-bond acceptors (Lipinski definition) is 6. The van der Waals surface area contributed by atoms with Gasteiger partial charge >= 0.3 is 0 Å². The van der Waals surface area contributed by atoms with Gasteiger partial charge in [-0.25, -0.2) is 17.7 Å². The van der Waals surface area contributed by atoms with Crippen molar-refractivity contribution in [2.24, 2.45) is 7.05 Å². The molecule has 0 unspecified atom stereocenters. The maximum Gasteiger partial charge on any atom is 0.242 e. The smallest absolute Gasteiger partial charge is 0.242 e. The number of hydrogen-bond donors (Lipinski definition) is 1. The highest BCUT2D eigenvalue weighted by atomic mass is 32.2. The van der Waals surface area contributed by atoms with Gasteiger partial charge in [-0.15, -0.1) is 0 Å². The third-order valence-corrected chi connectivity index (χ3v) is 6.01. The molecular formula is C17H21N5O4S. The van der Waals surface area contributed by atoms with E-state index >= 15 is 0 Å². The number of carbonyl (C=O) groups is 1. The lowest BCUT2D eigenvalue weighted by Crippen LogP contribution is -2.22. The highest BCUT2D eigenvalue weighted by Gasteiger charge is 2.19. The summed E-state index contributed by atoms with van der Waals surface area (Å²) in [6.45, 7) is 1.74. The largest absolute Gasteiger partial charge is 0.360 e. The fourth-order valence-corrected chi connectivity index (χ4v) is 3.60. The Bertz CT molecular complexity index is 1100. The fraction of sp³-hybridized carbons (Fsp3) is 0.353. The van der Waals surface area contributed by atoms with Crippen LogP contribution < -0.4 is 5.32 Å². The van der Waals surface area contributed by atoms with Crippen molar-refractivity contribution >= 4 is 32.8 Å². The normalized spacial score (nSPS) is 12.0. The van der Waals surface area contributed by atoms with Gasteiger partial charge in [-0.1, -0.05) is 5.16 Å². The highest BCUT2D eigenvalue weighted by molar-refractivity contribution is 7.89. The van der Waals surface area contributed by atoms with E-state index in [1.807, 2.05) is 11.6 Å². The summed E-state index contributed by atoms with van der Waals surface area (Å²) in [5, 5.41) is 6.38. The van der Waals surface area contributed by atoms with E-state index in [0.29, 0.717) is 29.3 Å². The van der Waals surface area contributed by atoms with E-state index in [1.165, 1.54) is 14.1 Å². The van der Waals surface area contributed by atoms with Crippen LogP contribution in [0.4, 0.5) is 5.82 Å². The van der Waals surface area contributed by atoms with Crippen molar-refractivity contribution in [2.45, 2.75) is 24.7 Å². The third kappa shape index (κ3) is 3.86. The number of nitrogens with zero attached hydrogens (tertiary/aromatic N) is 4. The molecule has 9 nitrogen and oxygen atoms in total. The summed E-state index contributed by atoms with van der Waals surface area (Å²) in [5.41, 5.74) is 1.37. The molecule has 0 bridgehead atoms. The zero-order chi connectivity index (χ0) is 19.8. The number of aryl methyl sites for hydroxylation is 3. The second-order valence-corrected chi connectivity index (χ2v) is 8.55. The number of fused-ring (bicyclic) bond motifs is 1. The van der Waals surface area contributed by atoms with Gasteiger partial charge in [-0.05, 0) is 25.1 Å². The summed E-state index contributed by atoms with van der Waals surface area (Å²) in [7, 11) is 1.28. The zero-order valence-electron chi connectivity index (χ0n) is 15.6. The zero-order valence-corrected chi connectivity index (χ0v) is 16.4. The molecule has 1 amide bonds. The van der Waals surface area contributed by atoms with E-state index in [4.69, 9.17) is 4.52 Å². The summed E-state index contributed by atoms with van der Waals surface area (Å²) in [5.74, 6) is 1.48. The van der Waals surface area contributed by atoms with Crippen molar-refractivity contribution in [1.82, 2.24) is 19.0 Å². The lowest BCUT2D eigenvalue weighted by Gasteiger charge is -2.10. The molecule has 2 aromatic heterocycles. The van der Waals surface area contributed by atoms with Crippen LogP contribution >= 0.6 is 0 Å². The van der Waals surface area contributed by atoms with Crippen molar-refractivity contribution in [3.05, 3.63) is 35.9 Å². The molecule has 2 heterocycles. The number of aromatic nitrogens is 3. The number of amides is 1. The summed E-state index contributed by atoms with van der Waals surface area (Å²) < 4.78 is 32.5. The Morgan fingerprint density at radius 3 is 2.67 bits per heavy atom. The second-order valence-electron chi connectivity index (χ2n) is 6.40. The number of sulfonamides is 1. The minimum Gasteiger partial charge on any atom is -0.360 e. The van der Waals surface area contributed by atoms with Gasteiger partial charge in [-0.3, -0.25) is 4.79 Å². The third-order valence-electron chi connectivity index (χ3n) is 4.19. The molecule has 3 aromatic rings. The molecule has 144 valence electrons. The van der Waals surface area contributed by atoms with Crippen LogP contribution in [0.2, 0.25) is 0 Å². The van der Waals surface area contributed by atoms with Crippen molar-refractivity contribution in [2.75, 3.05) is 19.4 Å². The van der Waals surface area contributed by atoms with Crippen LogP contribution in [-0.2, 0) is 28.3 Å². The summed E-state index contributed by atoms with van der Waals surface area (Å²) in [6.07, 6.45) is 0.621. The van der Waals surface area contributed by atoms with Gasteiger partial charge in [0.05, 0.1) is 15.9 Å². The first-order valence-electron chi connectivity index (χ1n) is 8.29. The minimum absolute atomic E-state index is 0.184. The van der Waals surface area contributed by atoms with E-state index < -0.39 is 10.0 Å². The Kier molecular flexibility index (Phi) is 5.03. The number of nitrogens with one attached hydrogen (secondary N) is 1. The van der Waals surface area contributed by atoms with Crippen LogP contribution in [0.3, 0.4) is 0 Å². The molecule has 0 aliphatic heterocycles. The van der Waals surface area contributed by atoms with E-state index in [1.54, 1.807) is 31.2 Å². The van der Waals surface area contributed by atoms with Gasteiger partial charge in [0, 0.05) is 40.1 Å². The molecule has 0 fully saturated rings. The molecule has 1 N–H and O–H groups in total. The lowest BCUT2D eigenvalue weighted by atomic mass is 10.3. The Morgan fingerprint density at radius 2 is 2.04 bits per heavy atom. The number of imidazole rings is 1. The van der Waals surface area contributed by atoms with Crippen LogP contribution in [0.5, 0.6) is 0 Å². The van der Waals surface area contributed by atoms with Crippen molar-refractivity contribution in [1.29, 1.82) is 0 Å². The fourth-order valence-electron chi connectivity index (χ4n) is 2.68. The van der Waals surface area contributed by atoms with Gasteiger partial charge in [0.2, 0.25) is 15.9 Å². The standard InChI is InChI=1S/C17H21N5O4S/c1-11-9-15(20-26-11)19-17(23)8-7-16-18-13-10-12(27(24,25)21(2)3)5-6-14(13)22(16)4/h5-6,9-10H,7-8H2,1-4H3,(H,19,20,23). The molecule has 0 radical (unpaired) electrons. The first-order chi connectivity index (χ1) is 12.7. The maximum absolute atomic E-state index is 12.3. The average molecular weight is 391 g/mol. The molecule has 10 heteroatoms. The molecular weight excluding hydrogens is 370 g/mol. The molecule has 0 aliphatic carbocycles. The topological polar surface area (TPSA) is 110 Å². The Morgan fingerprint density at radius 1 is 1.30 bits per heavy atom. The Hall–Kier alpha value is -2.72. The predicted molar refractivity (Wildman–Crippen MR) is 99.8 cm³/mol. The first-order valence-corrected chi connectivity index (χ1v) is 9.73. The van der Waals surface area contributed by atoms with Crippen molar-refractivity contribution in [3.8, 4) is 0 Å². The first kappa shape index (κ1) is 19.1. The van der Waals surface area contributed by atoms with Gasteiger partial charge in [0.15, 0.2) is 5.82 Å². The number of benzene rings is 1. The highest BCUT2D eigenvalue weighted by Crippen LogP contribution is 2.22. The second kappa shape index (κ2) is 7.12. The average Bonchev–Trinajstić information content (AvgIpc) is 3.15. The molecule has 1 aromatic carbocycles. The van der Waals surface area contributed by atoms with E-state index in [0.717, 1.165) is 9.82 Å². The monoisotopic (exact) mass is 391 g/mol. The van der Waals surface area contributed by atoms with Crippen molar-refractivity contribution in [3.63, 3.8) is 0 Å². The Labute approximate surface area is 157 Å². The number of anilines is 1. The van der Waals surface area contributed by atoms with Crippen LogP contribution in [0, 0.1) is 6.92 Å². The van der Waals surface area contributed by atoms with E-state index in [9.17, 15) is 13.2 Å². The molecule has 0 aliphatic rings. The van der Waals surface area contributed by atoms with Crippen molar-refractivity contribution < 1.29 is 17.7 Å². The summed E-state index contributed by atoms with van der Waals surface area (Å²) in [4.78, 5) is 16.7.